The Kier molecular flexibility index (Phi) is 8.58. The first-order valence-electron chi connectivity index (χ1n) is 10.7. The fraction of sp³-hybridized carbons (Fsp3) is 0.250. The van der Waals surface area contributed by atoms with Crippen molar-refractivity contribution in [3.05, 3.63) is 71.7 Å². The number of para-hydroxylation sites is 1. The molecule has 3 rings (SSSR count). The molecule has 0 atom stereocenters. The van der Waals surface area contributed by atoms with E-state index >= 15 is 0 Å². The summed E-state index contributed by atoms with van der Waals surface area (Å²) in [5, 5.41) is 2.60. The topological polar surface area (TPSA) is 108 Å². The molecule has 37 heavy (non-hydrogen) atoms. The van der Waals surface area contributed by atoms with Gasteiger partial charge in [-0.15, -0.1) is 0 Å². The minimum absolute atomic E-state index is 0.146. The summed E-state index contributed by atoms with van der Waals surface area (Å²) in [6.45, 7) is 1.52. The largest absolute Gasteiger partial charge is 0.496 e. The summed E-state index contributed by atoms with van der Waals surface area (Å²) in [6.07, 6.45) is -5.61. The van der Waals surface area contributed by atoms with E-state index in [4.69, 9.17) is 9.57 Å². The molecule has 0 aliphatic carbocycles. The molecule has 0 saturated carbocycles. The fourth-order valence-electron chi connectivity index (χ4n) is 3.11. The predicted molar refractivity (Wildman–Crippen MR) is 125 cm³/mol. The molecule has 0 fully saturated rings. The number of rotatable bonds is 9. The standard InChI is InChI=1S/C24H21F4N3O5S/c1-15(16-9-11-17(25)12-10-16)31-36-22(32)8-5-13-37(33,34)23-29-19(14-21(30-23)24(26,27)28)18-6-3-4-7-20(18)35-2/h3-4,6-7,9-12,14H,5,8,13H2,1-2H3/b31-15+. The van der Waals surface area contributed by atoms with Crippen LogP contribution in [0.25, 0.3) is 11.3 Å². The van der Waals surface area contributed by atoms with Crippen molar-refractivity contribution in [2.75, 3.05) is 12.9 Å². The maximum Gasteiger partial charge on any atom is 0.433 e. The maximum atomic E-state index is 13.5. The van der Waals surface area contributed by atoms with Crippen molar-refractivity contribution in [3.63, 3.8) is 0 Å². The molecule has 0 radical (unpaired) electrons. The van der Waals surface area contributed by atoms with Crippen LogP contribution in [0.2, 0.25) is 0 Å². The van der Waals surface area contributed by atoms with Gasteiger partial charge in [0.05, 0.1) is 24.3 Å². The van der Waals surface area contributed by atoms with Gasteiger partial charge in [0.15, 0.2) is 0 Å². The van der Waals surface area contributed by atoms with Gasteiger partial charge in [-0.1, -0.05) is 29.4 Å². The molecule has 0 bridgehead atoms. The average molecular weight is 540 g/mol. The first-order chi connectivity index (χ1) is 17.4. The number of hydrogen-bond donors (Lipinski definition) is 0. The van der Waals surface area contributed by atoms with Crippen LogP contribution < -0.4 is 4.74 Å². The highest BCUT2D eigenvalue weighted by atomic mass is 32.2. The minimum Gasteiger partial charge on any atom is -0.496 e. The molecule has 0 saturated heterocycles. The van der Waals surface area contributed by atoms with Gasteiger partial charge in [-0.05, 0) is 49.2 Å². The van der Waals surface area contributed by atoms with Crippen LogP contribution in [-0.4, -0.2) is 42.9 Å². The fourth-order valence-corrected chi connectivity index (χ4v) is 4.29. The quantitative estimate of drug-likeness (QED) is 0.126. The van der Waals surface area contributed by atoms with Gasteiger partial charge >= 0.3 is 12.1 Å². The number of carbonyl (C=O) groups is 1. The lowest BCUT2D eigenvalue weighted by atomic mass is 10.1. The van der Waals surface area contributed by atoms with Crippen LogP contribution in [0.3, 0.4) is 0 Å². The lowest BCUT2D eigenvalue weighted by molar-refractivity contribution is -0.143. The van der Waals surface area contributed by atoms with Crippen molar-refractivity contribution >= 4 is 21.5 Å². The molecule has 8 nitrogen and oxygen atoms in total. The smallest absolute Gasteiger partial charge is 0.433 e. The molecule has 3 aromatic rings. The highest BCUT2D eigenvalue weighted by molar-refractivity contribution is 7.91. The van der Waals surface area contributed by atoms with Gasteiger partial charge < -0.3 is 9.57 Å². The lowest BCUT2D eigenvalue weighted by Crippen LogP contribution is -2.17. The van der Waals surface area contributed by atoms with Crippen LogP contribution in [0.4, 0.5) is 17.6 Å². The first kappa shape index (κ1) is 27.7. The Bertz CT molecular complexity index is 1410. The van der Waals surface area contributed by atoms with Crippen LogP contribution in [0, 0.1) is 5.82 Å². The number of hydrogen-bond acceptors (Lipinski definition) is 8. The van der Waals surface area contributed by atoms with Gasteiger partial charge in [0, 0.05) is 12.0 Å². The molecule has 0 spiro atoms. The van der Waals surface area contributed by atoms with E-state index in [1.165, 1.54) is 56.5 Å². The van der Waals surface area contributed by atoms with Crippen molar-refractivity contribution in [2.24, 2.45) is 5.16 Å². The number of sulfone groups is 1. The van der Waals surface area contributed by atoms with E-state index in [9.17, 15) is 30.8 Å². The summed E-state index contributed by atoms with van der Waals surface area (Å²) in [4.78, 5) is 23.8. The molecule has 196 valence electrons. The van der Waals surface area contributed by atoms with Crippen LogP contribution >= 0.6 is 0 Å². The van der Waals surface area contributed by atoms with Crippen molar-refractivity contribution in [3.8, 4) is 17.0 Å². The van der Waals surface area contributed by atoms with Crippen LogP contribution in [0.15, 0.2) is 64.9 Å². The van der Waals surface area contributed by atoms with E-state index in [1.807, 2.05) is 0 Å². The predicted octanol–water partition coefficient (Wildman–Crippen LogP) is 4.83. The molecule has 0 N–H and O–H groups in total. The van der Waals surface area contributed by atoms with Crippen molar-refractivity contribution in [2.45, 2.75) is 31.1 Å². The normalized spacial score (nSPS) is 12.3. The van der Waals surface area contributed by atoms with Crippen molar-refractivity contribution in [1.82, 2.24) is 9.97 Å². The number of methoxy groups -OCH3 is 1. The molecule has 1 heterocycles. The molecule has 0 unspecified atom stereocenters. The first-order valence-corrected chi connectivity index (χ1v) is 12.4. The summed E-state index contributed by atoms with van der Waals surface area (Å²) in [6, 6.07) is 12.0. The molecule has 0 aliphatic rings. The third-order valence-electron chi connectivity index (χ3n) is 5.00. The molecule has 2 aromatic carbocycles. The van der Waals surface area contributed by atoms with E-state index in [1.54, 1.807) is 6.07 Å². The lowest BCUT2D eigenvalue weighted by Gasteiger charge is -2.13. The van der Waals surface area contributed by atoms with Gasteiger partial charge in [0.2, 0.25) is 15.0 Å². The van der Waals surface area contributed by atoms with E-state index in [-0.39, 0.29) is 29.1 Å². The number of oxime groups is 1. The molecule has 0 aliphatic heterocycles. The SMILES string of the molecule is COc1ccccc1-c1cc(C(F)(F)F)nc(S(=O)(=O)CCCC(=O)O/N=C(\C)c2ccc(F)cc2)n1. The summed E-state index contributed by atoms with van der Waals surface area (Å²) in [5.74, 6) is -1.84. The highest BCUT2D eigenvalue weighted by Crippen LogP contribution is 2.34. The Balaban J connectivity index is 1.74. The average Bonchev–Trinajstić information content (AvgIpc) is 2.86. The van der Waals surface area contributed by atoms with Gasteiger partial charge in [-0.2, -0.15) is 13.2 Å². The zero-order valence-electron chi connectivity index (χ0n) is 19.6. The monoisotopic (exact) mass is 539 g/mol. The molecule has 1 aromatic heterocycles. The van der Waals surface area contributed by atoms with E-state index in [2.05, 4.69) is 15.1 Å². The maximum absolute atomic E-state index is 13.5. The summed E-state index contributed by atoms with van der Waals surface area (Å²) >= 11 is 0. The number of alkyl halides is 3. The third kappa shape index (κ3) is 7.32. The number of benzene rings is 2. The van der Waals surface area contributed by atoms with E-state index < -0.39 is 50.8 Å². The zero-order valence-corrected chi connectivity index (χ0v) is 20.4. The molecular weight excluding hydrogens is 518 g/mol. The van der Waals surface area contributed by atoms with E-state index in [0.29, 0.717) is 11.6 Å². The second-order valence-electron chi connectivity index (χ2n) is 7.69. The summed E-state index contributed by atoms with van der Waals surface area (Å²) in [5.41, 5.74) is -0.797. The Morgan fingerprint density at radius 3 is 2.38 bits per heavy atom. The van der Waals surface area contributed by atoms with Gasteiger partial charge in [-0.25, -0.2) is 27.6 Å². The Hall–Kier alpha value is -3.87. The van der Waals surface area contributed by atoms with Gasteiger partial charge in [-0.3, -0.25) is 0 Å². The number of aromatic nitrogens is 2. The Morgan fingerprint density at radius 1 is 1.05 bits per heavy atom. The van der Waals surface area contributed by atoms with Crippen LogP contribution in [0.1, 0.15) is 31.0 Å². The number of nitrogens with zero attached hydrogens (tertiary/aromatic N) is 3. The molecular formula is C24H21F4N3O5S. The van der Waals surface area contributed by atoms with Crippen LogP contribution in [-0.2, 0) is 25.6 Å². The van der Waals surface area contributed by atoms with Gasteiger partial charge in [0.25, 0.3) is 0 Å². The third-order valence-corrected chi connectivity index (χ3v) is 6.56. The number of halogens is 4. The minimum atomic E-state index is -4.94. The highest BCUT2D eigenvalue weighted by Gasteiger charge is 2.35. The zero-order chi connectivity index (χ0) is 27.2. The second-order valence-corrected chi connectivity index (χ2v) is 9.69. The summed E-state index contributed by atoms with van der Waals surface area (Å²) < 4.78 is 84.1. The Morgan fingerprint density at radius 2 is 1.73 bits per heavy atom. The van der Waals surface area contributed by atoms with Crippen molar-refractivity contribution < 1.29 is 40.3 Å². The number of carbonyl (C=O) groups excluding carboxylic acids is 1. The van der Waals surface area contributed by atoms with E-state index in [0.717, 1.165) is 0 Å². The van der Waals surface area contributed by atoms with Crippen molar-refractivity contribution in [1.29, 1.82) is 0 Å². The second kappa shape index (κ2) is 11.5. The molecule has 13 heteroatoms. The van der Waals surface area contributed by atoms with Gasteiger partial charge in [0.1, 0.15) is 17.3 Å². The van der Waals surface area contributed by atoms with Crippen LogP contribution in [0.5, 0.6) is 5.75 Å². The number of ether oxygens (including phenoxy) is 1. The summed E-state index contributed by atoms with van der Waals surface area (Å²) in [7, 11) is -3.10. The molecule has 0 amide bonds. The Labute approximate surface area is 209 Å².